The molecule has 1 amide bonds. The number of aromatic nitrogens is 1. The summed E-state index contributed by atoms with van der Waals surface area (Å²) in [6.07, 6.45) is 4.60. The summed E-state index contributed by atoms with van der Waals surface area (Å²) in [5.74, 6) is 1.71. The van der Waals surface area contributed by atoms with E-state index in [0.29, 0.717) is 27.7 Å². The van der Waals surface area contributed by atoms with Crippen LogP contribution in [0.15, 0.2) is 53.1 Å². The molecule has 2 aromatic heterocycles. The number of hydrogen-bond acceptors (Lipinski definition) is 6. The predicted molar refractivity (Wildman–Crippen MR) is 142 cm³/mol. The summed E-state index contributed by atoms with van der Waals surface area (Å²) in [4.78, 5) is 16.5. The van der Waals surface area contributed by atoms with Crippen molar-refractivity contribution in [1.82, 2.24) is 10.3 Å². The van der Waals surface area contributed by atoms with E-state index in [4.69, 9.17) is 31.2 Å². The van der Waals surface area contributed by atoms with E-state index in [1.807, 2.05) is 57.2 Å². The molecule has 1 aliphatic rings. The Morgan fingerprint density at radius 3 is 2.61 bits per heavy atom. The Balaban J connectivity index is 1.35. The van der Waals surface area contributed by atoms with Gasteiger partial charge < -0.3 is 24.9 Å². The third kappa shape index (κ3) is 5.21. The van der Waals surface area contributed by atoms with Crippen molar-refractivity contribution in [1.29, 1.82) is 0 Å². The molecular formula is C28H30ClN3O4. The van der Waals surface area contributed by atoms with Crippen LogP contribution >= 0.6 is 11.6 Å². The van der Waals surface area contributed by atoms with E-state index in [2.05, 4.69) is 10.3 Å². The van der Waals surface area contributed by atoms with Gasteiger partial charge in [-0.3, -0.25) is 0 Å². The number of benzene rings is 2. The lowest BCUT2D eigenvalue weighted by Crippen LogP contribution is -2.42. The summed E-state index contributed by atoms with van der Waals surface area (Å²) >= 11 is 6.66. The number of fused-ring (bicyclic) bond motifs is 2. The molecule has 5 rings (SSSR count). The number of alkyl carbamates (subject to hydrolysis) is 1. The topological polar surface area (TPSA) is 99.6 Å². The summed E-state index contributed by atoms with van der Waals surface area (Å²) in [5.41, 5.74) is 7.28. The van der Waals surface area contributed by atoms with Crippen LogP contribution in [0.2, 0.25) is 5.02 Å². The van der Waals surface area contributed by atoms with Gasteiger partial charge in [0.05, 0.1) is 11.1 Å². The molecule has 0 radical (unpaired) electrons. The maximum absolute atomic E-state index is 12.1. The Morgan fingerprint density at radius 1 is 1.14 bits per heavy atom. The number of nitrogens with one attached hydrogen (secondary N) is 1. The molecule has 0 spiro atoms. The third-order valence-electron chi connectivity index (χ3n) is 6.33. The number of halogens is 1. The van der Waals surface area contributed by atoms with Crippen molar-refractivity contribution in [2.24, 2.45) is 0 Å². The first-order valence-electron chi connectivity index (χ1n) is 12.2. The van der Waals surface area contributed by atoms with Crippen molar-refractivity contribution in [3.8, 4) is 17.1 Å². The average Bonchev–Trinajstić information content (AvgIpc) is 3.23. The van der Waals surface area contributed by atoms with E-state index in [1.165, 1.54) is 0 Å². The van der Waals surface area contributed by atoms with Gasteiger partial charge in [0.25, 0.3) is 0 Å². The number of amides is 1. The van der Waals surface area contributed by atoms with Gasteiger partial charge in [-0.15, -0.1) is 0 Å². The highest BCUT2D eigenvalue weighted by atomic mass is 35.5. The largest absolute Gasteiger partial charge is 0.490 e. The minimum Gasteiger partial charge on any atom is -0.490 e. The Hall–Kier alpha value is -3.45. The Morgan fingerprint density at radius 2 is 1.89 bits per heavy atom. The van der Waals surface area contributed by atoms with Crippen LogP contribution in [-0.2, 0) is 4.74 Å². The summed E-state index contributed by atoms with van der Waals surface area (Å²) in [6.45, 7) is 5.57. The SMILES string of the molecule is CC(C)(C)OC(=O)NC1CCC(Oc2cc(Cl)c3c(N)ncc(-c4cc5ccccc5o4)c3c2)CC1. The molecular weight excluding hydrogens is 478 g/mol. The van der Waals surface area contributed by atoms with Crippen molar-refractivity contribution in [3.05, 3.63) is 53.7 Å². The molecule has 7 nitrogen and oxygen atoms in total. The number of nitrogens with two attached hydrogens (primary N) is 1. The number of rotatable bonds is 4. The smallest absolute Gasteiger partial charge is 0.407 e. The van der Waals surface area contributed by atoms with E-state index >= 15 is 0 Å². The fourth-order valence-corrected chi connectivity index (χ4v) is 5.00. The lowest BCUT2D eigenvalue weighted by molar-refractivity contribution is 0.0471. The van der Waals surface area contributed by atoms with Gasteiger partial charge in [0.15, 0.2) is 0 Å². The van der Waals surface area contributed by atoms with Crippen molar-refractivity contribution in [3.63, 3.8) is 0 Å². The lowest BCUT2D eigenvalue weighted by atomic mass is 9.93. The summed E-state index contributed by atoms with van der Waals surface area (Å²) in [7, 11) is 0. The second-order valence-electron chi connectivity index (χ2n) is 10.3. The van der Waals surface area contributed by atoms with Crippen LogP contribution in [0.4, 0.5) is 10.6 Å². The van der Waals surface area contributed by atoms with Crippen LogP contribution in [-0.4, -0.2) is 28.8 Å². The second kappa shape index (κ2) is 9.54. The molecule has 1 aliphatic carbocycles. The second-order valence-corrected chi connectivity index (χ2v) is 10.7. The number of hydrogen-bond donors (Lipinski definition) is 2. The molecule has 36 heavy (non-hydrogen) atoms. The third-order valence-corrected chi connectivity index (χ3v) is 6.63. The highest BCUT2D eigenvalue weighted by Crippen LogP contribution is 2.40. The normalized spacial score (nSPS) is 18.3. The number of ether oxygens (including phenoxy) is 2. The first-order chi connectivity index (χ1) is 17.2. The molecule has 0 bridgehead atoms. The fraction of sp³-hybridized carbons (Fsp3) is 0.357. The zero-order chi connectivity index (χ0) is 25.4. The van der Waals surface area contributed by atoms with Gasteiger partial charge >= 0.3 is 6.09 Å². The maximum atomic E-state index is 12.1. The van der Waals surface area contributed by atoms with Gasteiger partial charge in [-0.1, -0.05) is 29.8 Å². The molecule has 2 aromatic carbocycles. The molecule has 0 saturated heterocycles. The summed E-state index contributed by atoms with van der Waals surface area (Å²) < 4.78 is 17.8. The lowest BCUT2D eigenvalue weighted by Gasteiger charge is -2.30. The van der Waals surface area contributed by atoms with Crippen molar-refractivity contribution >= 4 is 45.3 Å². The maximum Gasteiger partial charge on any atom is 0.407 e. The van der Waals surface area contributed by atoms with E-state index in [9.17, 15) is 4.79 Å². The number of pyridine rings is 1. The predicted octanol–water partition coefficient (Wildman–Crippen LogP) is 7.10. The minimum atomic E-state index is -0.514. The van der Waals surface area contributed by atoms with E-state index in [1.54, 1.807) is 12.3 Å². The van der Waals surface area contributed by atoms with Crippen LogP contribution in [0.5, 0.6) is 5.75 Å². The van der Waals surface area contributed by atoms with E-state index < -0.39 is 5.60 Å². The number of carbonyl (C=O) groups is 1. The zero-order valence-electron chi connectivity index (χ0n) is 20.6. The van der Waals surface area contributed by atoms with E-state index in [-0.39, 0.29) is 18.2 Å². The molecule has 188 valence electrons. The number of para-hydroxylation sites is 1. The van der Waals surface area contributed by atoms with Crippen molar-refractivity contribution in [2.75, 3.05) is 5.73 Å². The van der Waals surface area contributed by atoms with Crippen LogP contribution in [0, 0.1) is 0 Å². The number of furan rings is 1. The van der Waals surface area contributed by atoms with Crippen LogP contribution in [0.1, 0.15) is 46.5 Å². The van der Waals surface area contributed by atoms with Gasteiger partial charge in [-0.2, -0.15) is 0 Å². The highest BCUT2D eigenvalue weighted by molar-refractivity contribution is 6.37. The number of nitrogens with zero attached hydrogens (tertiary/aromatic N) is 1. The van der Waals surface area contributed by atoms with Crippen molar-refractivity contribution in [2.45, 2.75) is 64.2 Å². The number of carbonyl (C=O) groups excluding carboxylic acids is 1. The van der Waals surface area contributed by atoms with Gasteiger partial charge in [0, 0.05) is 34.0 Å². The van der Waals surface area contributed by atoms with E-state index in [0.717, 1.165) is 47.6 Å². The number of nitrogen functional groups attached to an aromatic ring is 1. The molecule has 1 saturated carbocycles. The molecule has 8 heteroatoms. The van der Waals surface area contributed by atoms with Crippen LogP contribution < -0.4 is 15.8 Å². The first-order valence-corrected chi connectivity index (χ1v) is 12.6. The highest BCUT2D eigenvalue weighted by Gasteiger charge is 2.26. The molecule has 0 unspecified atom stereocenters. The molecule has 0 atom stereocenters. The van der Waals surface area contributed by atoms with Gasteiger partial charge in [0.1, 0.15) is 28.5 Å². The van der Waals surface area contributed by atoms with Crippen LogP contribution in [0.25, 0.3) is 33.1 Å². The molecule has 3 N–H and O–H groups in total. The zero-order valence-corrected chi connectivity index (χ0v) is 21.4. The summed E-state index contributed by atoms with van der Waals surface area (Å²) in [6, 6.07) is 13.7. The fourth-order valence-electron chi connectivity index (χ4n) is 4.69. The Labute approximate surface area is 214 Å². The van der Waals surface area contributed by atoms with Gasteiger partial charge in [-0.05, 0) is 70.7 Å². The van der Waals surface area contributed by atoms with Crippen molar-refractivity contribution < 1.29 is 18.7 Å². The first kappa shape index (κ1) is 24.3. The minimum absolute atomic E-state index is 0.0176. The molecule has 1 fully saturated rings. The quantitative estimate of drug-likeness (QED) is 0.305. The van der Waals surface area contributed by atoms with Gasteiger partial charge in [0.2, 0.25) is 0 Å². The van der Waals surface area contributed by atoms with Gasteiger partial charge in [-0.25, -0.2) is 9.78 Å². The Bertz CT molecular complexity index is 1380. The number of anilines is 1. The van der Waals surface area contributed by atoms with Crippen LogP contribution in [0.3, 0.4) is 0 Å². The molecule has 0 aliphatic heterocycles. The molecule has 4 aromatic rings. The average molecular weight is 508 g/mol. The monoisotopic (exact) mass is 507 g/mol. The summed E-state index contributed by atoms with van der Waals surface area (Å²) in [5, 5.41) is 5.95. The Kier molecular flexibility index (Phi) is 6.43. The molecule has 2 heterocycles. The standard InChI is InChI=1S/C28H30ClN3O4/c1-28(2,3)36-27(33)32-17-8-10-18(11-9-17)34-19-13-20-21(15-31-26(30)25(20)22(29)14-19)24-12-16-6-4-5-7-23(16)35-24/h4-7,12-15,17-18H,8-11H2,1-3H3,(H2,30,31)(H,32,33).